The average molecular weight is 387 g/mol. The molecule has 0 atom stereocenters. The van der Waals surface area contributed by atoms with Crippen molar-refractivity contribution in [2.45, 2.75) is 0 Å². The molecule has 0 radical (unpaired) electrons. The molecule has 21 heavy (non-hydrogen) atoms. The molecular formula is C11H4Cl5N3O2. The molecule has 0 unspecified atom stereocenters. The van der Waals surface area contributed by atoms with Crippen LogP contribution in [-0.2, 0) is 0 Å². The van der Waals surface area contributed by atoms with Gasteiger partial charge in [0, 0.05) is 23.4 Å². The number of hydrogen-bond donors (Lipinski definition) is 1. The van der Waals surface area contributed by atoms with Crippen LogP contribution in [0.1, 0.15) is 0 Å². The van der Waals surface area contributed by atoms with E-state index in [9.17, 15) is 10.1 Å². The Bertz CT molecular complexity index is 737. The third kappa shape index (κ3) is 2.84. The number of halogens is 5. The summed E-state index contributed by atoms with van der Waals surface area (Å²) in [5.74, 6) is -0.234. The van der Waals surface area contributed by atoms with Crippen molar-refractivity contribution in [1.82, 2.24) is 4.98 Å². The third-order valence-electron chi connectivity index (χ3n) is 2.59. The lowest BCUT2D eigenvalue weighted by Gasteiger charge is -2.12. The van der Waals surface area contributed by atoms with Crippen molar-refractivity contribution in [2.75, 3.05) is 5.73 Å². The van der Waals surface area contributed by atoms with Crippen LogP contribution in [0, 0.1) is 10.1 Å². The van der Waals surface area contributed by atoms with Gasteiger partial charge in [-0.05, 0) is 0 Å². The number of nitrogens with zero attached hydrogens (tertiary/aromatic N) is 2. The summed E-state index contributed by atoms with van der Waals surface area (Å²) in [5, 5.41) is 10.9. The first-order chi connectivity index (χ1) is 9.75. The SMILES string of the molecule is Nc1ncc(-c2c(Cl)c(Cl)c(Cl)c(Cl)c2Cl)cc1[N+](=O)[O-]. The van der Waals surface area contributed by atoms with Crippen LogP contribution in [0.15, 0.2) is 12.3 Å². The standard InChI is InChI=1S/C11H4Cl5N3O2/c12-6-5(7(13)9(15)10(16)8(6)14)3-1-4(19(20)21)11(17)18-2-3/h1-2H,(H2,17,18). The molecule has 0 saturated carbocycles. The van der Waals surface area contributed by atoms with E-state index in [0.29, 0.717) is 0 Å². The summed E-state index contributed by atoms with van der Waals surface area (Å²) in [5.41, 5.74) is 5.48. The predicted octanol–water partition coefficient (Wildman–Crippen LogP) is 5.51. The molecule has 2 aromatic rings. The molecule has 2 N–H and O–H groups in total. The zero-order valence-corrected chi connectivity index (χ0v) is 13.6. The largest absolute Gasteiger partial charge is 0.378 e. The quantitative estimate of drug-likeness (QED) is 0.319. The molecule has 5 nitrogen and oxygen atoms in total. The second kappa shape index (κ2) is 6.02. The van der Waals surface area contributed by atoms with E-state index in [1.165, 1.54) is 12.3 Å². The van der Waals surface area contributed by atoms with Crippen molar-refractivity contribution < 1.29 is 4.92 Å². The third-order valence-corrected chi connectivity index (χ3v) is 4.87. The normalized spacial score (nSPS) is 10.7. The van der Waals surface area contributed by atoms with Gasteiger partial charge in [-0.15, -0.1) is 0 Å². The van der Waals surface area contributed by atoms with Crippen molar-refractivity contribution >= 4 is 69.5 Å². The number of benzene rings is 1. The van der Waals surface area contributed by atoms with Crippen LogP contribution in [0.2, 0.25) is 25.1 Å². The number of anilines is 1. The number of nitrogen functional groups attached to an aromatic ring is 1. The maximum absolute atomic E-state index is 10.9. The second-order valence-electron chi connectivity index (χ2n) is 3.83. The fourth-order valence-corrected chi connectivity index (χ4v) is 2.96. The van der Waals surface area contributed by atoms with Gasteiger partial charge in [-0.1, -0.05) is 58.0 Å². The molecule has 0 spiro atoms. The van der Waals surface area contributed by atoms with Gasteiger partial charge >= 0.3 is 5.69 Å². The topological polar surface area (TPSA) is 82.0 Å². The minimum atomic E-state index is -0.674. The molecule has 10 heteroatoms. The summed E-state index contributed by atoms with van der Waals surface area (Å²) >= 11 is 30.0. The van der Waals surface area contributed by atoms with Crippen molar-refractivity contribution in [1.29, 1.82) is 0 Å². The van der Waals surface area contributed by atoms with E-state index in [4.69, 9.17) is 63.7 Å². The smallest absolute Gasteiger partial charge is 0.311 e. The molecule has 0 bridgehead atoms. The van der Waals surface area contributed by atoms with E-state index < -0.39 is 4.92 Å². The van der Waals surface area contributed by atoms with Crippen LogP contribution in [0.4, 0.5) is 11.5 Å². The maximum Gasteiger partial charge on any atom is 0.311 e. The molecule has 0 saturated heterocycles. The Hall–Kier alpha value is -0.980. The summed E-state index contributed by atoms with van der Waals surface area (Å²) in [6.45, 7) is 0. The molecule has 0 fully saturated rings. The van der Waals surface area contributed by atoms with Crippen LogP contribution in [0.25, 0.3) is 11.1 Å². The molecule has 0 aliphatic rings. The van der Waals surface area contributed by atoms with Crippen LogP contribution in [0.5, 0.6) is 0 Å². The number of hydrogen-bond acceptors (Lipinski definition) is 4. The number of nitrogens with two attached hydrogens (primary N) is 1. The first-order valence-electron chi connectivity index (χ1n) is 5.17. The van der Waals surface area contributed by atoms with Gasteiger partial charge < -0.3 is 5.73 Å². The fraction of sp³-hybridized carbons (Fsp3) is 0. The molecule has 110 valence electrons. The zero-order chi connectivity index (χ0) is 15.9. The molecular weight excluding hydrogens is 383 g/mol. The van der Waals surface area contributed by atoms with E-state index in [-0.39, 0.29) is 47.7 Å². The van der Waals surface area contributed by atoms with Crippen molar-refractivity contribution in [2.24, 2.45) is 0 Å². The highest BCUT2D eigenvalue weighted by Crippen LogP contribution is 2.48. The maximum atomic E-state index is 10.9. The highest BCUT2D eigenvalue weighted by atomic mass is 35.5. The lowest BCUT2D eigenvalue weighted by atomic mass is 10.1. The first-order valence-corrected chi connectivity index (χ1v) is 7.06. The Morgan fingerprint density at radius 3 is 1.95 bits per heavy atom. The van der Waals surface area contributed by atoms with E-state index >= 15 is 0 Å². The lowest BCUT2D eigenvalue weighted by Crippen LogP contribution is -1.99. The van der Waals surface area contributed by atoms with Crippen LogP contribution >= 0.6 is 58.0 Å². The number of aromatic nitrogens is 1. The van der Waals surface area contributed by atoms with Gasteiger partial charge in [0.15, 0.2) is 0 Å². The van der Waals surface area contributed by atoms with Crippen LogP contribution in [-0.4, -0.2) is 9.91 Å². The minimum absolute atomic E-state index is 0.00464. The second-order valence-corrected chi connectivity index (χ2v) is 5.72. The van der Waals surface area contributed by atoms with Gasteiger partial charge in [-0.25, -0.2) is 4.98 Å². The van der Waals surface area contributed by atoms with E-state index in [0.717, 1.165) is 0 Å². The van der Waals surface area contributed by atoms with E-state index in [1.54, 1.807) is 0 Å². The monoisotopic (exact) mass is 385 g/mol. The summed E-state index contributed by atoms with van der Waals surface area (Å²) < 4.78 is 0. The van der Waals surface area contributed by atoms with E-state index in [2.05, 4.69) is 4.98 Å². The Kier molecular flexibility index (Phi) is 4.70. The van der Waals surface area contributed by atoms with Gasteiger partial charge in [0.1, 0.15) is 0 Å². The lowest BCUT2D eigenvalue weighted by molar-refractivity contribution is -0.384. The Balaban J connectivity index is 2.80. The summed E-state index contributed by atoms with van der Waals surface area (Å²) in [6, 6.07) is 1.18. The summed E-state index contributed by atoms with van der Waals surface area (Å²) in [6.07, 6.45) is 1.27. The van der Waals surface area contributed by atoms with Gasteiger partial charge in [0.25, 0.3) is 0 Å². The highest BCUT2D eigenvalue weighted by Gasteiger charge is 2.23. The van der Waals surface area contributed by atoms with Crippen LogP contribution in [0.3, 0.4) is 0 Å². The highest BCUT2D eigenvalue weighted by molar-refractivity contribution is 6.56. The Labute approximate surface area is 143 Å². The summed E-state index contributed by atoms with van der Waals surface area (Å²) in [7, 11) is 0. The van der Waals surface area contributed by atoms with Gasteiger partial charge in [-0.3, -0.25) is 10.1 Å². The van der Waals surface area contributed by atoms with Crippen molar-refractivity contribution in [3.05, 3.63) is 47.5 Å². The van der Waals surface area contributed by atoms with Crippen molar-refractivity contribution in [3.8, 4) is 11.1 Å². The zero-order valence-electron chi connectivity index (χ0n) is 9.83. The number of nitro groups is 1. The van der Waals surface area contributed by atoms with Crippen molar-refractivity contribution in [3.63, 3.8) is 0 Å². The first kappa shape index (κ1) is 16.4. The van der Waals surface area contributed by atoms with Gasteiger partial charge in [-0.2, -0.15) is 0 Å². The molecule has 2 rings (SSSR count). The minimum Gasteiger partial charge on any atom is -0.378 e. The fourth-order valence-electron chi connectivity index (χ4n) is 1.61. The Morgan fingerprint density at radius 1 is 1.00 bits per heavy atom. The van der Waals surface area contributed by atoms with Gasteiger partial charge in [0.2, 0.25) is 5.82 Å². The van der Waals surface area contributed by atoms with Gasteiger partial charge in [0.05, 0.1) is 30.0 Å². The molecule has 1 heterocycles. The predicted molar refractivity (Wildman–Crippen MR) is 85.8 cm³/mol. The number of rotatable bonds is 2. The average Bonchev–Trinajstić information content (AvgIpc) is 2.44. The molecule has 1 aromatic heterocycles. The molecule has 1 aromatic carbocycles. The molecule has 0 aliphatic carbocycles. The summed E-state index contributed by atoms with van der Waals surface area (Å²) in [4.78, 5) is 14.0. The number of pyridine rings is 1. The molecule has 0 aliphatic heterocycles. The molecule has 0 amide bonds. The van der Waals surface area contributed by atoms with Crippen LogP contribution < -0.4 is 5.73 Å². The van der Waals surface area contributed by atoms with E-state index in [1.807, 2.05) is 0 Å². The Morgan fingerprint density at radius 2 is 1.48 bits per heavy atom.